The molecule has 0 saturated heterocycles. The Morgan fingerprint density at radius 3 is 2.06 bits per heavy atom. The third kappa shape index (κ3) is 4.31. The van der Waals surface area contributed by atoms with Crippen molar-refractivity contribution in [2.75, 3.05) is 0 Å². The summed E-state index contributed by atoms with van der Waals surface area (Å²) >= 11 is 0. The number of aromatic hydroxyl groups is 1. The first-order valence-electron chi connectivity index (χ1n) is 10.8. The van der Waals surface area contributed by atoms with Gasteiger partial charge in [0.05, 0.1) is 6.61 Å². The maximum atomic E-state index is 13.0. The van der Waals surface area contributed by atoms with Gasteiger partial charge in [-0.05, 0) is 28.8 Å². The smallest absolute Gasteiger partial charge is 0.347 e. The summed E-state index contributed by atoms with van der Waals surface area (Å²) < 4.78 is 17.6. The summed E-state index contributed by atoms with van der Waals surface area (Å²) in [5, 5.41) is 21.2. The maximum Gasteiger partial charge on any atom is 0.347 e. The number of aliphatic hydroxyl groups excluding tert-OH is 1. The normalized spacial score (nSPS) is 11.1. The Kier molecular flexibility index (Phi) is 5.89. The zero-order valence-electron chi connectivity index (χ0n) is 18.2. The lowest BCUT2D eigenvalue weighted by Gasteiger charge is -2.15. The zero-order valence-corrected chi connectivity index (χ0v) is 18.2. The molecule has 0 saturated carbocycles. The summed E-state index contributed by atoms with van der Waals surface area (Å²) in [4.78, 5) is 13.0. The molecule has 0 aliphatic heterocycles. The predicted molar refractivity (Wildman–Crippen MR) is 129 cm³/mol. The van der Waals surface area contributed by atoms with Gasteiger partial charge < -0.3 is 24.1 Å². The number of aliphatic hydroxyl groups is 1. The molecule has 1 heterocycles. The van der Waals surface area contributed by atoms with Crippen LogP contribution in [0.25, 0.3) is 21.7 Å². The first kappa shape index (κ1) is 21.6. The lowest BCUT2D eigenvalue weighted by molar-refractivity contribution is 0.282. The molecule has 2 N–H and O–H groups in total. The lowest BCUT2D eigenvalue weighted by Crippen LogP contribution is -2.06. The van der Waals surface area contributed by atoms with Crippen molar-refractivity contribution in [2.24, 2.45) is 0 Å². The molecule has 5 aromatic rings. The van der Waals surface area contributed by atoms with Crippen LogP contribution < -0.4 is 15.1 Å². The van der Waals surface area contributed by atoms with Gasteiger partial charge in [-0.2, -0.15) is 0 Å². The van der Waals surface area contributed by atoms with E-state index in [4.69, 9.17) is 13.9 Å². The van der Waals surface area contributed by atoms with E-state index in [2.05, 4.69) is 0 Å². The maximum absolute atomic E-state index is 13.0. The number of rotatable bonds is 7. The number of hydrogen-bond acceptors (Lipinski definition) is 6. The minimum absolute atomic E-state index is 0.101. The highest BCUT2D eigenvalue weighted by Crippen LogP contribution is 2.37. The largest absolute Gasteiger partial charge is 0.508 e. The van der Waals surface area contributed by atoms with Gasteiger partial charge in [0.25, 0.3) is 0 Å². The van der Waals surface area contributed by atoms with Gasteiger partial charge in [-0.1, -0.05) is 60.7 Å². The van der Waals surface area contributed by atoms with Gasteiger partial charge in [-0.3, -0.25) is 0 Å². The lowest BCUT2D eigenvalue weighted by atomic mass is 10.0. The summed E-state index contributed by atoms with van der Waals surface area (Å²) in [7, 11) is 0. The van der Waals surface area contributed by atoms with E-state index in [1.165, 1.54) is 12.1 Å². The molecule has 0 fully saturated rings. The fraction of sp³-hybridized carbons (Fsp3) is 0.107. The van der Waals surface area contributed by atoms with Crippen molar-refractivity contribution in [3.05, 3.63) is 112 Å². The van der Waals surface area contributed by atoms with E-state index in [-0.39, 0.29) is 29.9 Å². The van der Waals surface area contributed by atoms with E-state index >= 15 is 0 Å². The first-order chi connectivity index (χ1) is 16.6. The summed E-state index contributed by atoms with van der Waals surface area (Å²) in [6.45, 7) is 0.235. The molecule has 0 aliphatic carbocycles. The fourth-order valence-electron chi connectivity index (χ4n) is 3.99. The predicted octanol–water partition coefficient (Wildman–Crippen LogP) is 5.30. The monoisotopic (exact) mass is 454 g/mol. The summed E-state index contributed by atoms with van der Waals surface area (Å²) in [6, 6.07) is 25.6. The van der Waals surface area contributed by atoms with Gasteiger partial charge in [0, 0.05) is 22.9 Å². The third-order valence-corrected chi connectivity index (χ3v) is 5.58. The average molecular weight is 454 g/mol. The molecular weight excluding hydrogens is 432 g/mol. The number of phenolic OH excluding ortho intramolecular Hbond substituents is 1. The highest BCUT2D eigenvalue weighted by atomic mass is 16.5. The Balaban J connectivity index is 1.67. The average Bonchev–Trinajstić information content (AvgIpc) is 2.86. The molecule has 5 rings (SSSR count). The second-order valence-electron chi connectivity index (χ2n) is 7.92. The van der Waals surface area contributed by atoms with Crippen molar-refractivity contribution in [3.63, 3.8) is 0 Å². The Morgan fingerprint density at radius 2 is 1.41 bits per heavy atom. The van der Waals surface area contributed by atoms with Crippen LogP contribution in [0.3, 0.4) is 0 Å². The number of hydrogen-bond donors (Lipinski definition) is 2. The topological polar surface area (TPSA) is 89.1 Å². The molecular formula is C28H22O6. The number of fused-ring (bicyclic) bond motifs is 3. The van der Waals surface area contributed by atoms with Crippen LogP contribution in [0, 0.1) is 0 Å². The molecule has 1 aromatic heterocycles. The third-order valence-electron chi connectivity index (χ3n) is 5.58. The van der Waals surface area contributed by atoms with E-state index in [9.17, 15) is 15.0 Å². The van der Waals surface area contributed by atoms with Gasteiger partial charge in [0.2, 0.25) is 0 Å². The number of phenols is 1. The second-order valence-corrected chi connectivity index (χ2v) is 7.92. The van der Waals surface area contributed by atoms with Crippen molar-refractivity contribution in [1.29, 1.82) is 0 Å². The molecule has 0 aliphatic rings. The van der Waals surface area contributed by atoms with E-state index in [1.807, 2.05) is 60.7 Å². The molecule has 0 bridgehead atoms. The van der Waals surface area contributed by atoms with Crippen molar-refractivity contribution in [3.8, 4) is 17.2 Å². The molecule has 34 heavy (non-hydrogen) atoms. The van der Waals surface area contributed by atoms with Crippen LogP contribution in [-0.2, 0) is 19.8 Å². The van der Waals surface area contributed by atoms with Crippen LogP contribution in [0.5, 0.6) is 17.2 Å². The van der Waals surface area contributed by atoms with Crippen molar-refractivity contribution < 1.29 is 24.1 Å². The van der Waals surface area contributed by atoms with Gasteiger partial charge in [-0.15, -0.1) is 0 Å². The van der Waals surface area contributed by atoms with Crippen molar-refractivity contribution in [2.45, 2.75) is 19.8 Å². The molecule has 0 atom stereocenters. The first-order valence-corrected chi connectivity index (χ1v) is 10.8. The number of ether oxygens (including phenoxy) is 2. The Bertz CT molecular complexity index is 1510. The van der Waals surface area contributed by atoms with Crippen LogP contribution >= 0.6 is 0 Å². The molecule has 6 heteroatoms. The Hall–Kier alpha value is -4.29. The highest BCUT2D eigenvalue weighted by molar-refractivity contribution is 6.09. The van der Waals surface area contributed by atoms with E-state index in [1.54, 1.807) is 12.1 Å². The quantitative estimate of drug-likeness (QED) is 0.256. The van der Waals surface area contributed by atoms with Gasteiger partial charge in [-0.25, -0.2) is 4.79 Å². The molecule has 6 nitrogen and oxygen atoms in total. The Morgan fingerprint density at radius 1 is 0.765 bits per heavy atom. The summed E-state index contributed by atoms with van der Waals surface area (Å²) in [5.41, 5.74) is 1.94. The van der Waals surface area contributed by atoms with E-state index in [0.717, 1.165) is 11.1 Å². The zero-order chi connectivity index (χ0) is 23.5. The fourth-order valence-corrected chi connectivity index (χ4v) is 3.99. The summed E-state index contributed by atoms with van der Waals surface area (Å²) in [5.74, 6) is 0.719. The van der Waals surface area contributed by atoms with Gasteiger partial charge >= 0.3 is 5.63 Å². The molecule has 0 radical (unpaired) electrons. The molecule has 0 amide bonds. The minimum atomic E-state index is -0.602. The highest BCUT2D eigenvalue weighted by Gasteiger charge is 2.18. The van der Waals surface area contributed by atoms with Crippen LogP contribution in [0.4, 0.5) is 0 Å². The van der Waals surface area contributed by atoms with E-state index < -0.39 is 5.63 Å². The van der Waals surface area contributed by atoms with Crippen LogP contribution in [0.2, 0.25) is 0 Å². The van der Waals surface area contributed by atoms with Crippen LogP contribution in [0.1, 0.15) is 16.7 Å². The van der Waals surface area contributed by atoms with Crippen LogP contribution in [-0.4, -0.2) is 10.2 Å². The van der Waals surface area contributed by atoms with Gasteiger partial charge in [0.15, 0.2) is 0 Å². The second kappa shape index (κ2) is 9.29. The molecule has 0 unspecified atom stereocenters. The molecule has 170 valence electrons. The van der Waals surface area contributed by atoms with Crippen molar-refractivity contribution in [1.82, 2.24) is 0 Å². The minimum Gasteiger partial charge on any atom is -0.508 e. The Labute approximate surface area is 195 Å². The number of benzene rings is 4. The molecule has 0 spiro atoms. The van der Waals surface area contributed by atoms with Gasteiger partial charge in [0.1, 0.15) is 41.4 Å². The standard InChI is InChI=1S/C28H22O6/c29-15-20-11-21(30)12-25-26(20)23-13-22(32-16-18-7-3-1-4-8-18)14-24(27(23)28(31)34-25)33-17-19-9-5-2-6-10-19/h1-14,29-30H,15-17H2. The molecule has 4 aromatic carbocycles. The van der Waals surface area contributed by atoms with Crippen LogP contribution in [0.15, 0.2) is 94.1 Å². The van der Waals surface area contributed by atoms with Crippen molar-refractivity contribution >= 4 is 21.7 Å². The summed E-state index contributed by atoms with van der Waals surface area (Å²) in [6.07, 6.45) is 0. The SMILES string of the molecule is O=c1oc2cc(O)cc(CO)c2c2cc(OCc3ccccc3)cc(OCc3ccccc3)c12. The van der Waals surface area contributed by atoms with E-state index in [0.29, 0.717) is 34.4 Å².